The van der Waals surface area contributed by atoms with Gasteiger partial charge in [0.15, 0.2) is 6.10 Å². The van der Waals surface area contributed by atoms with Crippen LogP contribution in [0, 0.1) is 0 Å². The second-order valence-corrected chi connectivity index (χ2v) is 7.69. The van der Waals surface area contributed by atoms with Crippen molar-refractivity contribution in [3.05, 3.63) is 47.5 Å². The molecule has 146 valence electrons. The topological polar surface area (TPSA) is 119 Å². The summed E-state index contributed by atoms with van der Waals surface area (Å²) < 4.78 is 17.0. The first-order valence-electron chi connectivity index (χ1n) is 9.11. The van der Waals surface area contributed by atoms with Crippen LogP contribution in [0.15, 0.2) is 36.4 Å². The van der Waals surface area contributed by atoms with Gasteiger partial charge in [-0.05, 0) is 19.4 Å². The Morgan fingerprint density at radius 3 is 2.39 bits per heavy atom. The third kappa shape index (κ3) is 1.81. The molecule has 1 aliphatic carbocycles. The van der Waals surface area contributed by atoms with Crippen LogP contribution >= 0.6 is 0 Å². The number of aliphatic hydroxyl groups is 2. The van der Waals surface area contributed by atoms with Gasteiger partial charge in [0.2, 0.25) is 28.6 Å². The van der Waals surface area contributed by atoms with E-state index in [2.05, 4.69) is 0 Å². The molecular weight excluding hydrogens is 368 g/mol. The fourth-order valence-electron chi connectivity index (χ4n) is 4.75. The molecule has 0 saturated carbocycles. The van der Waals surface area contributed by atoms with Gasteiger partial charge in [-0.3, -0.25) is 14.4 Å². The van der Waals surface area contributed by atoms with Crippen LogP contribution in [0.1, 0.15) is 40.5 Å². The van der Waals surface area contributed by atoms with Crippen LogP contribution in [0.2, 0.25) is 0 Å². The van der Waals surface area contributed by atoms with E-state index in [1.54, 1.807) is 25.1 Å². The average molecular weight is 386 g/mol. The monoisotopic (exact) mass is 386 g/mol. The van der Waals surface area contributed by atoms with Crippen molar-refractivity contribution in [3.63, 3.8) is 0 Å². The standard InChI is InChI=1S/C20H18O8/c1-10-5-4-8-18(27-10)20(25)16(23)12-7-3-2-6-11(12)15(22)19(20,24)17-13(28-18)9-14(21)26-17/h2-4,6-8,10,13,17,24-25H,5,9H2,1H3/t10-,13-,17+,18-,19+,20-/m0/s1. The van der Waals surface area contributed by atoms with Gasteiger partial charge in [0, 0.05) is 11.1 Å². The van der Waals surface area contributed by atoms with Gasteiger partial charge in [0.1, 0.15) is 6.10 Å². The maximum absolute atomic E-state index is 13.5. The van der Waals surface area contributed by atoms with E-state index >= 15 is 0 Å². The number of esters is 1. The molecule has 0 amide bonds. The summed E-state index contributed by atoms with van der Waals surface area (Å²) in [5, 5.41) is 23.4. The third-order valence-electron chi connectivity index (χ3n) is 6.03. The van der Waals surface area contributed by atoms with Gasteiger partial charge >= 0.3 is 5.97 Å². The maximum atomic E-state index is 13.5. The van der Waals surface area contributed by atoms with Crippen LogP contribution in [0.4, 0.5) is 0 Å². The third-order valence-corrected chi connectivity index (χ3v) is 6.03. The number of hydrogen-bond donors (Lipinski definition) is 2. The van der Waals surface area contributed by atoms with Gasteiger partial charge in [-0.1, -0.05) is 30.3 Å². The molecule has 3 heterocycles. The molecule has 0 aromatic heterocycles. The van der Waals surface area contributed by atoms with Crippen molar-refractivity contribution in [2.24, 2.45) is 0 Å². The maximum Gasteiger partial charge on any atom is 0.309 e. The predicted octanol–water partition coefficient (Wildman–Crippen LogP) is 0.303. The first kappa shape index (κ1) is 17.7. The van der Waals surface area contributed by atoms with E-state index < -0.39 is 52.8 Å². The lowest BCUT2D eigenvalue weighted by molar-refractivity contribution is -0.379. The van der Waals surface area contributed by atoms with E-state index in [0.717, 1.165) is 0 Å². The lowest BCUT2D eigenvalue weighted by Gasteiger charge is -2.59. The summed E-state index contributed by atoms with van der Waals surface area (Å²) in [6.45, 7) is 1.71. The first-order chi connectivity index (χ1) is 13.2. The Kier molecular flexibility index (Phi) is 3.38. The molecule has 0 bridgehead atoms. The molecule has 2 fully saturated rings. The largest absolute Gasteiger partial charge is 0.456 e. The van der Waals surface area contributed by atoms with Gasteiger partial charge in [-0.25, -0.2) is 0 Å². The second kappa shape index (κ2) is 5.36. The van der Waals surface area contributed by atoms with Gasteiger partial charge < -0.3 is 24.4 Å². The molecule has 28 heavy (non-hydrogen) atoms. The molecule has 8 nitrogen and oxygen atoms in total. The lowest BCUT2D eigenvalue weighted by Crippen LogP contribution is -2.85. The number of ether oxygens (including phenoxy) is 3. The fourth-order valence-corrected chi connectivity index (χ4v) is 4.75. The van der Waals surface area contributed by atoms with Crippen LogP contribution in [0.3, 0.4) is 0 Å². The van der Waals surface area contributed by atoms with Gasteiger partial charge in [-0.15, -0.1) is 0 Å². The van der Waals surface area contributed by atoms with Gasteiger partial charge in [-0.2, -0.15) is 0 Å². The second-order valence-electron chi connectivity index (χ2n) is 7.69. The summed E-state index contributed by atoms with van der Waals surface area (Å²) in [5.74, 6) is -4.66. The first-order valence-corrected chi connectivity index (χ1v) is 9.11. The Bertz CT molecular complexity index is 953. The molecule has 1 aromatic rings. The van der Waals surface area contributed by atoms with Crippen molar-refractivity contribution < 1.29 is 38.8 Å². The highest BCUT2D eigenvalue weighted by atomic mass is 16.7. The zero-order chi connectivity index (χ0) is 19.9. The summed E-state index contributed by atoms with van der Waals surface area (Å²) >= 11 is 0. The van der Waals surface area contributed by atoms with Gasteiger partial charge in [0.25, 0.3) is 0 Å². The van der Waals surface area contributed by atoms with Crippen LogP contribution in [0.5, 0.6) is 0 Å². The summed E-state index contributed by atoms with van der Waals surface area (Å²) in [6.07, 6.45) is 0.192. The molecule has 2 N–H and O–H groups in total. The average Bonchev–Trinajstić information content (AvgIpc) is 3.04. The molecule has 8 heteroatoms. The summed E-state index contributed by atoms with van der Waals surface area (Å²) in [4.78, 5) is 38.8. The molecule has 3 aliphatic heterocycles. The number of rotatable bonds is 0. The summed E-state index contributed by atoms with van der Waals surface area (Å²) in [6, 6.07) is 5.88. The van der Waals surface area contributed by atoms with Crippen LogP contribution in [-0.2, 0) is 19.0 Å². The van der Waals surface area contributed by atoms with Gasteiger partial charge in [0.05, 0.1) is 12.5 Å². The van der Waals surface area contributed by atoms with E-state index in [0.29, 0.717) is 6.42 Å². The Hall–Kier alpha value is -2.39. The lowest BCUT2D eigenvalue weighted by atomic mass is 9.59. The number of ketones is 2. The highest BCUT2D eigenvalue weighted by Crippen LogP contribution is 2.55. The van der Waals surface area contributed by atoms with Crippen molar-refractivity contribution in [1.29, 1.82) is 0 Å². The van der Waals surface area contributed by atoms with Crippen molar-refractivity contribution in [2.75, 3.05) is 0 Å². The molecule has 4 aliphatic rings. The molecule has 6 atom stereocenters. The van der Waals surface area contributed by atoms with Crippen LogP contribution in [0.25, 0.3) is 0 Å². The smallest absolute Gasteiger partial charge is 0.309 e. The zero-order valence-corrected chi connectivity index (χ0v) is 15.0. The number of carbonyl (C=O) groups is 3. The molecule has 2 saturated heterocycles. The Balaban J connectivity index is 1.83. The Morgan fingerprint density at radius 1 is 1.04 bits per heavy atom. The van der Waals surface area contributed by atoms with Crippen molar-refractivity contribution >= 4 is 17.5 Å². The quantitative estimate of drug-likeness (QED) is 0.483. The minimum Gasteiger partial charge on any atom is -0.456 e. The van der Waals surface area contributed by atoms with Crippen LogP contribution < -0.4 is 0 Å². The Labute approximate surface area is 159 Å². The molecule has 5 rings (SSSR count). The van der Waals surface area contributed by atoms with E-state index in [1.807, 2.05) is 0 Å². The van der Waals surface area contributed by atoms with E-state index in [-0.39, 0.29) is 17.5 Å². The highest BCUT2D eigenvalue weighted by Gasteiger charge is 2.82. The molecule has 1 aromatic carbocycles. The van der Waals surface area contributed by atoms with E-state index in [4.69, 9.17) is 14.2 Å². The van der Waals surface area contributed by atoms with E-state index in [9.17, 15) is 24.6 Å². The van der Waals surface area contributed by atoms with Crippen LogP contribution in [-0.4, -0.2) is 63.0 Å². The normalized spacial score (nSPS) is 44.1. The molecule has 1 spiro atoms. The SMILES string of the molecule is C[C@H]1CC=C[C@@]2(O[C@H]3CC(=O)O[C@H]3[C@]3(O)C(=O)c4ccccc4C(=O)[C@]23O)O1. The number of hydrogen-bond acceptors (Lipinski definition) is 8. The van der Waals surface area contributed by atoms with Crippen molar-refractivity contribution in [3.8, 4) is 0 Å². The Morgan fingerprint density at radius 2 is 1.71 bits per heavy atom. The number of carbonyl (C=O) groups excluding carboxylic acids is 3. The summed E-state index contributed by atoms with van der Waals surface area (Å²) in [7, 11) is 0. The molecule has 0 unspecified atom stereocenters. The minimum atomic E-state index is -2.83. The van der Waals surface area contributed by atoms with Crippen molar-refractivity contribution in [1.82, 2.24) is 0 Å². The number of fused-ring (bicyclic) bond motifs is 5. The minimum absolute atomic E-state index is 0.0498. The zero-order valence-electron chi connectivity index (χ0n) is 15.0. The van der Waals surface area contributed by atoms with Crippen molar-refractivity contribution in [2.45, 2.75) is 55.1 Å². The molecule has 0 radical (unpaired) electrons. The summed E-state index contributed by atoms with van der Waals surface area (Å²) in [5.41, 5.74) is -5.69. The highest BCUT2D eigenvalue weighted by molar-refractivity contribution is 6.23. The molecular formula is C20H18O8. The number of benzene rings is 1. The fraction of sp³-hybridized carbons (Fsp3) is 0.450. The van der Waals surface area contributed by atoms with E-state index in [1.165, 1.54) is 18.2 Å². The predicted molar refractivity (Wildman–Crippen MR) is 91.4 cm³/mol. The number of Topliss-reactive ketones (excluding diaryl/α,β-unsaturated/α-hetero) is 2.